The van der Waals surface area contributed by atoms with Gasteiger partial charge >= 0.3 is 51.4 Å². The van der Waals surface area contributed by atoms with Crippen LogP contribution < -0.4 is 57.1 Å². The Labute approximate surface area is 152 Å². The summed E-state index contributed by atoms with van der Waals surface area (Å²) in [5.41, 5.74) is 6.08. The standard InChI is InChI=1S/C6H5I2NO3S.K/c7-4-1-3(13(10,11)12)2-5(8)6(4)9;/h1-2H,9H2,(H,10,11,12);/q;+1/p-1. The van der Waals surface area contributed by atoms with E-state index in [0.29, 0.717) is 12.8 Å². The van der Waals surface area contributed by atoms with E-state index in [-0.39, 0.29) is 56.3 Å². The molecule has 0 bridgehead atoms. The summed E-state index contributed by atoms with van der Waals surface area (Å²) in [5.74, 6) is 0. The van der Waals surface area contributed by atoms with E-state index in [9.17, 15) is 13.0 Å². The van der Waals surface area contributed by atoms with Gasteiger partial charge in [0.05, 0.1) is 10.6 Å². The van der Waals surface area contributed by atoms with Crippen molar-refractivity contribution in [2.75, 3.05) is 5.73 Å². The van der Waals surface area contributed by atoms with Gasteiger partial charge in [-0.25, -0.2) is 8.42 Å². The SMILES string of the molecule is Nc1c(I)cc(S(=O)(=O)[O-])cc1I.[K+]. The van der Waals surface area contributed by atoms with Crippen LogP contribution in [0.4, 0.5) is 5.69 Å². The second-order valence-corrected chi connectivity index (χ2v) is 5.96. The second kappa shape index (κ2) is 6.09. The Kier molecular flexibility index (Phi) is 6.98. The molecule has 0 saturated heterocycles. The molecule has 0 aliphatic heterocycles. The Morgan fingerprint density at radius 2 is 1.57 bits per heavy atom. The van der Waals surface area contributed by atoms with Crippen LogP contribution in [-0.4, -0.2) is 13.0 Å². The predicted octanol–water partition coefficient (Wildman–Crippen LogP) is -1.61. The molecule has 8 heteroatoms. The van der Waals surface area contributed by atoms with Gasteiger partial charge in [0.1, 0.15) is 10.1 Å². The van der Waals surface area contributed by atoms with Gasteiger partial charge in [0, 0.05) is 7.14 Å². The van der Waals surface area contributed by atoms with Crippen LogP contribution in [0.2, 0.25) is 0 Å². The van der Waals surface area contributed by atoms with Crippen molar-refractivity contribution in [2.45, 2.75) is 4.90 Å². The molecule has 4 nitrogen and oxygen atoms in total. The van der Waals surface area contributed by atoms with E-state index in [0.717, 1.165) is 0 Å². The fraction of sp³-hybridized carbons (Fsp3) is 0. The van der Waals surface area contributed by atoms with Crippen molar-refractivity contribution >= 4 is 61.0 Å². The zero-order valence-electron chi connectivity index (χ0n) is 7.12. The van der Waals surface area contributed by atoms with Crippen molar-refractivity contribution in [2.24, 2.45) is 0 Å². The molecule has 72 valence electrons. The Bertz CT molecular complexity index is 425. The van der Waals surface area contributed by atoms with E-state index in [2.05, 4.69) is 0 Å². The van der Waals surface area contributed by atoms with Crippen LogP contribution in [0.25, 0.3) is 0 Å². The molecule has 0 spiro atoms. The molecule has 1 aromatic rings. The minimum absolute atomic E-state index is 0. The number of halogens is 2. The van der Waals surface area contributed by atoms with Gasteiger partial charge in [-0.3, -0.25) is 0 Å². The molecule has 14 heavy (non-hydrogen) atoms. The van der Waals surface area contributed by atoms with Crippen LogP contribution in [0, 0.1) is 7.14 Å². The molecule has 0 amide bonds. The van der Waals surface area contributed by atoms with Gasteiger partial charge in [0.2, 0.25) is 0 Å². The van der Waals surface area contributed by atoms with Gasteiger partial charge in [-0.2, -0.15) is 0 Å². The maximum absolute atomic E-state index is 10.6. The molecule has 0 radical (unpaired) electrons. The Balaban J connectivity index is 0.00000169. The fourth-order valence-electron chi connectivity index (χ4n) is 0.705. The first kappa shape index (κ1) is 16.0. The summed E-state index contributed by atoms with van der Waals surface area (Å²) in [6.07, 6.45) is 0. The summed E-state index contributed by atoms with van der Waals surface area (Å²) < 4.78 is 33.1. The van der Waals surface area contributed by atoms with Gasteiger partial charge in [-0.1, -0.05) is 0 Å². The van der Waals surface area contributed by atoms with Gasteiger partial charge in [-0.05, 0) is 57.3 Å². The van der Waals surface area contributed by atoms with E-state index < -0.39 is 10.1 Å². The summed E-state index contributed by atoms with van der Waals surface area (Å²) in [4.78, 5) is -0.240. The first-order valence-corrected chi connectivity index (χ1v) is 6.59. The van der Waals surface area contributed by atoms with Crippen molar-refractivity contribution in [3.63, 3.8) is 0 Å². The van der Waals surface area contributed by atoms with Crippen molar-refractivity contribution in [1.29, 1.82) is 0 Å². The maximum atomic E-state index is 10.6. The van der Waals surface area contributed by atoms with Gasteiger partial charge < -0.3 is 10.3 Å². The van der Waals surface area contributed by atoms with Crippen molar-refractivity contribution in [1.82, 2.24) is 0 Å². The van der Waals surface area contributed by atoms with Crippen molar-refractivity contribution < 1.29 is 64.4 Å². The minimum Gasteiger partial charge on any atom is -0.744 e. The zero-order chi connectivity index (χ0) is 10.2. The van der Waals surface area contributed by atoms with Crippen LogP contribution in [-0.2, 0) is 10.1 Å². The predicted molar refractivity (Wildman–Crippen MR) is 64.3 cm³/mol. The summed E-state index contributed by atoms with van der Waals surface area (Å²) >= 11 is 3.76. The second-order valence-electron chi connectivity index (χ2n) is 2.25. The van der Waals surface area contributed by atoms with E-state index in [1.807, 2.05) is 45.2 Å². The van der Waals surface area contributed by atoms with Crippen LogP contribution >= 0.6 is 45.2 Å². The maximum Gasteiger partial charge on any atom is 1.00 e. The zero-order valence-corrected chi connectivity index (χ0v) is 15.4. The average Bonchev–Trinajstić information content (AvgIpc) is 1.97. The van der Waals surface area contributed by atoms with Crippen molar-refractivity contribution in [3.05, 3.63) is 19.3 Å². The molecule has 0 aliphatic carbocycles. The van der Waals surface area contributed by atoms with E-state index in [4.69, 9.17) is 5.73 Å². The third kappa shape index (κ3) is 4.12. The van der Waals surface area contributed by atoms with Gasteiger partial charge in [-0.15, -0.1) is 0 Å². The number of anilines is 1. The largest absolute Gasteiger partial charge is 1.00 e. The number of rotatable bonds is 1. The molecule has 0 fully saturated rings. The first-order valence-electron chi connectivity index (χ1n) is 3.03. The van der Waals surface area contributed by atoms with E-state index in [1.165, 1.54) is 12.1 Å². The molecule has 0 heterocycles. The number of nitrogens with two attached hydrogens (primary N) is 1. The Morgan fingerprint density at radius 3 is 1.86 bits per heavy atom. The topological polar surface area (TPSA) is 83.2 Å². The number of hydrogen-bond acceptors (Lipinski definition) is 4. The molecule has 1 rings (SSSR count). The first-order chi connectivity index (χ1) is 5.82. The third-order valence-electron chi connectivity index (χ3n) is 1.34. The molecule has 0 aliphatic rings. The molecule has 0 saturated carbocycles. The summed E-state index contributed by atoms with van der Waals surface area (Å²) in [5, 5.41) is 0. The quantitative estimate of drug-likeness (QED) is 0.235. The van der Waals surface area contributed by atoms with Crippen LogP contribution in [0.15, 0.2) is 17.0 Å². The third-order valence-corrected chi connectivity index (χ3v) is 3.94. The molecule has 0 atom stereocenters. The molecule has 0 aromatic heterocycles. The number of nitrogen functional groups attached to an aromatic ring is 1. The molecular weight excluding hydrogens is 459 g/mol. The number of benzene rings is 1. The van der Waals surface area contributed by atoms with Crippen LogP contribution in [0.1, 0.15) is 0 Å². The summed E-state index contributed by atoms with van der Waals surface area (Å²) in [6.45, 7) is 0. The molecule has 0 unspecified atom stereocenters. The molecule has 1 aromatic carbocycles. The normalized spacial score (nSPS) is 10.8. The summed E-state index contributed by atoms with van der Waals surface area (Å²) in [7, 11) is -4.38. The Morgan fingerprint density at radius 1 is 1.21 bits per heavy atom. The Hall–Kier alpha value is 2.03. The van der Waals surface area contributed by atoms with Crippen molar-refractivity contribution in [3.8, 4) is 0 Å². The number of hydrogen-bond donors (Lipinski definition) is 1. The van der Waals surface area contributed by atoms with Gasteiger partial charge in [0.25, 0.3) is 0 Å². The fourth-order valence-corrected chi connectivity index (χ4v) is 3.42. The van der Waals surface area contributed by atoms with E-state index in [1.54, 1.807) is 0 Å². The van der Waals surface area contributed by atoms with Crippen LogP contribution in [0.3, 0.4) is 0 Å². The van der Waals surface area contributed by atoms with E-state index >= 15 is 0 Å². The van der Waals surface area contributed by atoms with Gasteiger partial charge in [0.15, 0.2) is 0 Å². The molecular formula is C6H4I2KNO3S. The smallest absolute Gasteiger partial charge is 0.744 e. The monoisotopic (exact) mass is 463 g/mol. The molecule has 2 N–H and O–H groups in total. The van der Waals surface area contributed by atoms with Crippen LogP contribution in [0.5, 0.6) is 0 Å². The average molecular weight is 463 g/mol. The minimum atomic E-state index is -4.38. The summed E-state index contributed by atoms with van der Waals surface area (Å²) in [6, 6.07) is 2.53.